The van der Waals surface area contributed by atoms with Gasteiger partial charge in [-0.15, -0.1) is 0 Å². The van der Waals surface area contributed by atoms with Gasteiger partial charge in [-0.1, -0.05) is 6.07 Å². The standard InChI is InChI=1S/C15H15NO6/c1-8-4-5-9(6-10(8)12(17)18)16-7-11-13(19)21-15(2,3)22-14(11)20/h4-7,16H,1-3H3,(H,17,18). The Labute approximate surface area is 126 Å². The lowest BCUT2D eigenvalue weighted by molar-refractivity contribution is -0.222. The van der Waals surface area contributed by atoms with Gasteiger partial charge >= 0.3 is 17.9 Å². The Kier molecular flexibility index (Phi) is 3.90. The number of nitrogens with one attached hydrogen (secondary N) is 1. The maximum absolute atomic E-state index is 11.7. The highest BCUT2D eigenvalue weighted by molar-refractivity contribution is 6.15. The van der Waals surface area contributed by atoms with Crippen LogP contribution in [0.5, 0.6) is 0 Å². The van der Waals surface area contributed by atoms with Gasteiger partial charge in [0.25, 0.3) is 5.79 Å². The van der Waals surface area contributed by atoms with Crippen molar-refractivity contribution in [3.63, 3.8) is 0 Å². The Morgan fingerprint density at radius 1 is 1.23 bits per heavy atom. The molecule has 0 radical (unpaired) electrons. The van der Waals surface area contributed by atoms with E-state index in [1.807, 2.05) is 0 Å². The molecule has 0 aliphatic carbocycles. The van der Waals surface area contributed by atoms with Crippen molar-refractivity contribution in [3.05, 3.63) is 41.1 Å². The van der Waals surface area contributed by atoms with E-state index in [1.165, 1.54) is 19.9 Å². The van der Waals surface area contributed by atoms with Crippen LogP contribution < -0.4 is 5.32 Å². The van der Waals surface area contributed by atoms with Crippen LogP contribution in [0, 0.1) is 6.92 Å². The van der Waals surface area contributed by atoms with Gasteiger partial charge in [-0.3, -0.25) is 0 Å². The summed E-state index contributed by atoms with van der Waals surface area (Å²) in [4.78, 5) is 34.6. The van der Waals surface area contributed by atoms with Gasteiger partial charge in [0.1, 0.15) is 0 Å². The predicted molar refractivity (Wildman–Crippen MR) is 76.1 cm³/mol. The second-order valence-corrected chi connectivity index (χ2v) is 5.22. The number of rotatable bonds is 3. The number of hydrogen-bond donors (Lipinski definition) is 2. The van der Waals surface area contributed by atoms with Crippen LogP contribution in [-0.4, -0.2) is 28.8 Å². The van der Waals surface area contributed by atoms with Gasteiger partial charge in [0, 0.05) is 25.7 Å². The summed E-state index contributed by atoms with van der Waals surface area (Å²) in [6, 6.07) is 4.64. The van der Waals surface area contributed by atoms with E-state index >= 15 is 0 Å². The van der Waals surface area contributed by atoms with Crippen molar-refractivity contribution in [1.29, 1.82) is 0 Å². The molecule has 116 valence electrons. The Morgan fingerprint density at radius 3 is 2.36 bits per heavy atom. The molecule has 0 spiro atoms. The lowest BCUT2D eigenvalue weighted by atomic mass is 10.1. The van der Waals surface area contributed by atoms with E-state index < -0.39 is 23.7 Å². The van der Waals surface area contributed by atoms with Gasteiger partial charge < -0.3 is 19.9 Å². The molecule has 1 heterocycles. The predicted octanol–water partition coefficient (Wildman–Crippen LogP) is 1.83. The van der Waals surface area contributed by atoms with Crippen molar-refractivity contribution in [3.8, 4) is 0 Å². The van der Waals surface area contributed by atoms with Crippen LogP contribution in [0.3, 0.4) is 0 Å². The Balaban J connectivity index is 2.22. The number of aromatic carboxylic acids is 1. The third-order valence-electron chi connectivity index (χ3n) is 2.97. The summed E-state index contributed by atoms with van der Waals surface area (Å²) in [5.41, 5.74) is 0.847. The van der Waals surface area contributed by atoms with Gasteiger partial charge in [-0.05, 0) is 24.6 Å². The monoisotopic (exact) mass is 305 g/mol. The summed E-state index contributed by atoms with van der Waals surface area (Å²) in [5, 5.41) is 11.8. The first-order valence-electron chi connectivity index (χ1n) is 6.47. The molecule has 1 aromatic carbocycles. The molecule has 1 aliphatic rings. The van der Waals surface area contributed by atoms with Gasteiger partial charge in [-0.25, -0.2) is 14.4 Å². The molecule has 7 heteroatoms. The van der Waals surface area contributed by atoms with Gasteiger partial charge in [0.15, 0.2) is 5.57 Å². The number of anilines is 1. The molecule has 0 saturated carbocycles. The molecule has 1 saturated heterocycles. The quantitative estimate of drug-likeness (QED) is 0.499. The molecule has 7 nitrogen and oxygen atoms in total. The molecule has 0 unspecified atom stereocenters. The zero-order valence-electron chi connectivity index (χ0n) is 12.3. The number of ether oxygens (including phenoxy) is 2. The lowest BCUT2D eigenvalue weighted by Gasteiger charge is -2.29. The molecule has 22 heavy (non-hydrogen) atoms. The molecule has 0 amide bonds. The average Bonchev–Trinajstić information content (AvgIpc) is 2.37. The average molecular weight is 305 g/mol. The first-order chi connectivity index (χ1) is 10.2. The first kappa shape index (κ1) is 15.6. The fraction of sp³-hybridized carbons (Fsp3) is 0.267. The summed E-state index contributed by atoms with van der Waals surface area (Å²) in [6.45, 7) is 4.57. The number of carbonyl (C=O) groups excluding carboxylic acids is 2. The zero-order valence-corrected chi connectivity index (χ0v) is 12.3. The molecule has 0 bridgehead atoms. The molecule has 1 aliphatic heterocycles. The van der Waals surface area contributed by atoms with Crippen LogP contribution in [0.2, 0.25) is 0 Å². The molecule has 0 atom stereocenters. The third-order valence-corrected chi connectivity index (χ3v) is 2.97. The second-order valence-electron chi connectivity index (χ2n) is 5.22. The Hall–Kier alpha value is -2.83. The van der Waals surface area contributed by atoms with E-state index in [9.17, 15) is 14.4 Å². The van der Waals surface area contributed by atoms with Gasteiger partial charge in [0.05, 0.1) is 5.56 Å². The van der Waals surface area contributed by atoms with E-state index in [2.05, 4.69) is 5.32 Å². The molecular weight excluding hydrogens is 290 g/mol. The van der Waals surface area contributed by atoms with E-state index in [1.54, 1.807) is 19.1 Å². The summed E-state index contributed by atoms with van der Waals surface area (Å²) >= 11 is 0. The fourth-order valence-electron chi connectivity index (χ4n) is 1.88. The van der Waals surface area contributed by atoms with Crippen molar-refractivity contribution < 1.29 is 29.0 Å². The van der Waals surface area contributed by atoms with Gasteiger partial charge in [-0.2, -0.15) is 0 Å². The normalized spacial score (nSPS) is 16.6. The molecule has 2 rings (SSSR count). The van der Waals surface area contributed by atoms with Gasteiger partial charge in [0.2, 0.25) is 0 Å². The minimum absolute atomic E-state index is 0.123. The molecule has 2 N–H and O–H groups in total. The topological polar surface area (TPSA) is 102 Å². The highest BCUT2D eigenvalue weighted by atomic mass is 16.7. The van der Waals surface area contributed by atoms with Crippen molar-refractivity contribution in [1.82, 2.24) is 0 Å². The minimum atomic E-state index is -1.30. The van der Waals surface area contributed by atoms with Crippen molar-refractivity contribution in [2.75, 3.05) is 5.32 Å². The third kappa shape index (κ3) is 3.25. The number of benzene rings is 1. The first-order valence-corrected chi connectivity index (χ1v) is 6.47. The zero-order chi connectivity index (χ0) is 16.5. The molecule has 0 aromatic heterocycles. The number of carbonyl (C=O) groups is 3. The van der Waals surface area contributed by atoms with Crippen LogP contribution in [0.1, 0.15) is 29.8 Å². The fourth-order valence-corrected chi connectivity index (χ4v) is 1.88. The number of carboxylic acids is 1. The largest absolute Gasteiger partial charge is 0.478 e. The van der Waals surface area contributed by atoms with Crippen molar-refractivity contribution in [2.24, 2.45) is 0 Å². The van der Waals surface area contributed by atoms with E-state index in [4.69, 9.17) is 14.6 Å². The summed E-state index contributed by atoms with van der Waals surface area (Å²) in [5.74, 6) is -3.98. The number of carboxylic acid groups (broad SMARTS) is 1. The summed E-state index contributed by atoms with van der Waals surface area (Å²) in [7, 11) is 0. The maximum atomic E-state index is 11.7. The van der Waals surface area contributed by atoms with Crippen LogP contribution in [0.15, 0.2) is 30.0 Å². The second kappa shape index (κ2) is 5.51. The van der Waals surface area contributed by atoms with Crippen molar-refractivity contribution >= 4 is 23.6 Å². The van der Waals surface area contributed by atoms with E-state index in [0.29, 0.717) is 11.3 Å². The maximum Gasteiger partial charge on any atom is 0.350 e. The van der Waals surface area contributed by atoms with Crippen LogP contribution in [0.4, 0.5) is 5.69 Å². The molecule has 1 aromatic rings. The number of aryl methyl sites for hydroxylation is 1. The summed E-state index contributed by atoms with van der Waals surface area (Å²) in [6.07, 6.45) is 1.14. The minimum Gasteiger partial charge on any atom is -0.478 e. The summed E-state index contributed by atoms with van der Waals surface area (Å²) < 4.78 is 9.88. The highest BCUT2D eigenvalue weighted by Gasteiger charge is 2.38. The number of cyclic esters (lactones) is 2. The Bertz CT molecular complexity index is 667. The molecule has 1 fully saturated rings. The van der Waals surface area contributed by atoms with E-state index in [-0.39, 0.29) is 11.1 Å². The molecular formula is C15H15NO6. The van der Waals surface area contributed by atoms with Crippen LogP contribution in [-0.2, 0) is 19.1 Å². The SMILES string of the molecule is Cc1ccc(NC=C2C(=O)OC(C)(C)OC2=O)cc1C(=O)O. The van der Waals surface area contributed by atoms with E-state index in [0.717, 1.165) is 6.20 Å². The Morgan fingerprint density at radius 2 is 1.82 bits per heavy atom. The number of esters is 2. The highest BCUT2D eigenvalue weighted by Crippen LogP contribution is 2.23. The van der Waals surface area contributed by atoms with Crippen molar-refractivity contribution in [2.45, 2.75) is 26.6 Å². The van der Waals surface area contributed by atoms with Crippen LogP contribution >= 0.6 is 0 Å². The van der Waals surface area contributed by atoms with Crippen LogP contribution in [0.25, 0.3) is 0 Å². The lowest BCUT2D eigenvalue weighted by Crippen LogP contribution is -2.42. The number of hydrogen-bond acceptors (Lipinski definition) is 6. The smallest absolute Gasteiger partial charge is 0.350 e.